The summed E-state index contributed by atoms with van der Waals surface area (Å²) in [6, 6.07) is 16.7. The second-order valence-electron chi connectivity index (χ2n) is 4.40. The summed E-state index contributed by atoms with van der Waals surface area (Å²) < 4.78 is 6.06. The molecule has 1 N–H and O–H groups in total. The molecule has 0 radical (unpaired) electrons. The fourth-order valence-electron chi connectivity index (χ4n) is 1.93. The van der Waals surface area contributed by atoms with E-state index in [0.29, 0.717) is 11.4 Å². The summed E-state index contributed by atoms with van der Waals surface area (Å²) >= 11 is 3.34. The Balaban J connectivity index is 1.85. The van der Waals surface area contributed by atoms with Gasteiger partial charge in [0.25, 0.3) is 5.91 Å². The van der Waals surface area contributed by atoms with Crippen LogP contribution in [-0.4, -0.2) is 11.1 Å². The lowest BCUT2D eigenvalue weighted by Gasteiger charge is -2.04. The van der Waals surface area contributed by atoms with Gasteiger partial charge in [0.15, 0.2) is 0 Å². The van der Waals surface area contributed by atoms with Crippen molar-refractivity contribution in [1.29, 1.82) is 0 Å². The first-order chi connectivity index (χ1) is 10.2. The van der Waals surface area contributed by atoms with E-state index in [1.807, 2.05) is 42.5 Å². The van der Waals surface area contributed by atoms with Gasteiger partial charge in [-0.3, -0.25) is 10.1 Å². The molecule has 0 spiro atoms. The first kappa shape index (κ1) is 13.6. The van der Waals surface area contributed by atoms with Crippen LogP contribution in [0.2, 0.25) is 0 Å². The smallest absolute Gasteiger partial charge is 0.258 e. The molecule has 0 aliphatic rings. The van der Waals surface area contributed by atoms with Crippen LogP contribution in [0.3, 0.4) is 0 Å². The lowest BCUT2D eigenvalue weighted by Crippen LogP contribution is -2.11. The second-order valence-corrected chi connectivity index (χ2v) is 5.31. The summed E-state index contributed by atoms with van der Waals surface area (Å²) in [7, 11) is 0. The van der Waals surface area contributed by atoms with Crippen molar-refractivity contribution in [2.75, 3.05) is 5.32 Å². The lowest BCUT2D eigenvalue weighted by atomic mass is 10.1. The van der Waals surface area contributed by atoms with E-state index in [2.05, 4.69) is 26.4 Å². The maximum atomic E-state index is 12.2. The highest BCUT2D eigenvalue weighted by atomic mass is 79.9. The highest BCUT2D eigenvalue weighted by Gasteiger charge is 2.14. The molecule has 0 unspecified atom stereocenters. The summed E-state index contributed by atoms with van der Waals surface area (Å²) in [4.78, 5) is 12.2. The van der Waals surface area contributed by atoms with Crippen molar-refractivity contribution in [1.82, 2.24) is 5.16 Å². The van der Waals surface area contributed by atoms with E-state index in [4.69, 9.17) is 4.52 Å². The molecule has 21 heavy (non-hydrogen) atoms. The van der Waals surface area contributed by atoms with E-state index in [1.165, 1.54) is 0 Å². The lowest BCUT2D eigenvalue weighted by molar-refractivity contribution is 0.102. The van der Waals surface area contributed by atoms with Crippen LogP contribution in [0, 0.1) is 0 Å². The molecule has 0 aliphatic heterocycles. The van der Waals surface area contributed by atoms with Crippen molar-refractivity contribution in [3.63, 3.8) is 0 Å². The van der Waals surface area contributed by atoms with Gasteiger partial charge in [0.05, 0.1) is 11.8 Å². The second kappa shape index (κ2) is 5.93. The maximum absolute atomic E-state index is 12.2. The van der Waals surface area contributed by atoms with Crippen molar-refractivity contribution in [3.05, 3.63) is 70.8 Å². The number of anilines is 1. The molecule has 0 saturated carbocycles. The number of rotatable bonds is 3. The SMILES string of the molecule is O=C(Nc1oncc1-c1ccccc1)c1ccc(Br)cc1. The van der Waals surface area contributed by atoms with E-state index in [0.717, 1.165) is 15.6 Å². The van der Waals surface area contributed by atoms with E-state index >= 15 is 0 Å². The van der Waals surface area contributed by atoms with Gasteiger partial charge in [-0.15, -0.1) is 0 Å². The first-order valence-electron chi connectivity index (χ1n) is 6.31. The van der Waals surface area contributed by atoms with Gasteiger partial charge in [-0.1, -0.05) is 51.4 Å². The van der Waals surface area contributed by atoms with Crippen LogP contribution in [0.15, 0.2) is 69.8 Å². The van der Waals surface area contributed by atoms with E-state index in [-0.39, 0.29) is 5.91 Å². The van der Waals surface area contributed by atoms with E-state index in [1.54, 1.807) is 18.3 Å². The Kier molecular flexibility index (Phi) is 3.83. The third kappa shape index (κ3) is 3.03. The highest BCUT2D eigenvalue weighted by Crippen LogP contribution is 2.27. The normalized spacial score (nSPS) is 10.3. The molecule has 0 fully saturated rings. The Labute approximate surface area is 129 Å². The van der Waals surface area contributed by atoms with Gasteiger partial charge in [-0.2, -0.15) is 0 Å². The summed E-state index contributed by atoms with van der Waals surface area (Å²) in [5.74, 6) is 0.102. The van der Waals surface area contributed by atoms with Crippen LogP contribution in [0.25, 0.3) is 11.1 Å². The van der Waals surface area contributed by atoms with Crippen molar-refractivity contribution >= 4 is 27.7 Å². The molecule has 1 aromatic heterocycles. The fraction of sp³-hybridized carbons (Fsp3) is 0. The maximum Gasteiger partial charge on any atom is 0.258 e. The fourth-order valence-corrected chi connectivity index (χ4v) is 2.19. The summed E-state index contributed by atoms with van der Waals surface area (Å²) in [6.45, 7) is 0. The Morgan fingerprint density at radius 3 is 2.48 bits per heavy atom. The number of carbonyl (C=O) groups is 1. The van der Waals surface area contributed by atoms with Crippen molar-refractivity contribution < 1.29 is 9.32 Å². The Morgan fingerprint density at radius 2 is 1.76 bits per heavy atom. The molecule has 2 aromatic carbocycles. The average Bonchev–Trinajstić information content (AvgIpc) is 2.97. The van der Waals surface area contributed by atoms with Crippen molar-refractivity contribution in [2.45, 2.75) is 0 Å². The third-order valence-electron chi connectivity index (χ3n) is 2.99. The predicted octanol–water partition coefficient (Wildman–Crippen LogP) is 4.36. The molecule has 3 rings (SSSR count). The third-order valence-corrected chi connectivity index (χ3v) is 3.52. The molecule has 0 aliphatic carbocycles. The zero-order valence-corrected chi connectivity index (χ0v) is 12.5. The van der Waals surface area contributed by atoms with Crippen molar-refractivity contribution in [2.24, 2.45) is 0 Å². The molecule has 104 valence electrons. The minimum absolute atomic E-state index is 0.239. The molecule has 0 saturated heterocycles. The monoisotopic (exact) mass is 342 g/mol. The Bertz CT molecular complexity index is 751. The van der Waals surface area contributed by atoms with Gasteiger partial charge in [0.2, 0.25) is 5.88 Å². The van der Waals surface area contributed by atoms with Crippen LogP contribution in [-0.2, 0) is 0 Å². The van der Waals surface area contributed by atoms with Crippen molar-refractivity contribution in [3.8, 4) is 11.1 Å². The van der Waals surface area contributed by atoms with Gasteiger partial charge in [0.1, 0.15) is 0 Å². The first-order valence-corrected chi connectivity index (χ1v) is 7.10. The standard InChI is InChI=1S/C16H11BrN2O2/c17-13-8-6-12(7-9-13)15(20)19-16-14(10-18-21-16)11-4-2-1-3-5-11/h1-10H,(H,19,20). The number of nitrogens with one attached hydrogen (secondary N) is 1. The topological polar surface area (TPSA) is 55.1 Å². The molecule has 1 heterocycles. The molecule has 5 heteroatoms. The number of hydrogen-bond acceptors (Lipinski definition) is 3. The summed E-state index contributed by atoms with van der Waals surface area (Å²) in [5, 5.41) is 6.50. The van der Waals surface area contributed by atoms with Gasteiger partial charge < -0.3 is 4.52 Å². The Hall–Kier alpha value is -2.40. The molecular weight excluding hydrogens is 332 g/mol. The van der Waals surface area contributed by atoms with Crippen LogP contribution < -0.4 is 5.32 Å². The van der Waals surface area contributed by atoms with E-state index in [9.17, 15) is 4.79 Å². The molecular formula is C16H11BrN2O2. The van der Waals surface area contributed by atoms with Crippen LogP contribution in [0.4, 0.5) is 5.88 Å². The molecule has 4 nitrogen and oxygen atoms in total. The predicted molar refractivity (Wildman–Crippen MR) is 84.0 cm³/mol. The molecule has 1 amide bonds. The largest absolute Gasteiger partial charge is 0.338 e. The number of halogens is 1. The number of benzene rings is 2. The molecule has 3 aromatic rings. The number of aromatic nitrogens is 1. The number of carbonyl (C=O) groups excluding carboxylic acids is 1. The zero-order valence-electron chi connectivity index (χ0n) is 10.9. The quantitative estimate of drug-likeness (QED) is 0.769. The van der Waals surface area contributed by atoms with Gasteiger partial charge in [-0.05, 0) is 29.8 Å². The van der Waals surface area contributed by atoms with E-state index < -0.39 is 0 Å². The summed E-state index contributed by atoms with van der Waals surface area (Å²) in [6.07, 6.45) is 1.59. The van der Waals surface area contributed by atoms with Crippen LogP contribution in [0.5, 0.6) is 0 Å². The Morgan fingerprint density at radius 1 is 1.05 bits per heavy atom. The molecule has 0 atom stereocenters. The minimum atomic E-state index is -0.239. The minimum Gasteiger partial charge on any atom is -0.338 e. The van der Waals surface area contributed by atoms with Crippen LogP contribution >= 0.6 is 15.9 Å². The van der Waals surface area contributed by atoms with Gasteiger partial charge in [-0.25, -0.2) is 0 Å². The number of amides is 1. The summed E-state index contributed by atoms with van der Waals surface area (Å²) in [5.41, 5.74) is 2.24. The number of hydrogen-bond donors (Lipinski definition) is 1. The zero-order chi connectivity index (χ0) is 14.7. The average molecular weight is 343 g/mol. The van der Waals surface area contributed by atoms with Gasteiger partial charge >= 0.3 is 0 Å². The highest BCUT2D eigenvalue weighted by molar-refractivity contribution is 9.10. The van der Waals surface area contributed by atoms with Crippen LogP contribution in [0.1, 0.15) is 10.4 Å². The molecule has 0 bridgehead atoms. The van der Waals surface area contributed by atoms with Gasteiger partial charge in [0, 0.05) is 10.0 Å². The number of nitrogens with zero attached hydrogens (tertiary/aromatic N) is 1.